The summed E-state index contributed by atoms with van der Waals surface area (Å²) in [6.07, 6.45) is 28.7. The van der Waals surface area contributed by atoms with E-state index in [1.54, 1.807) is 12.2 Å². The number of hydrogen-bond acceptors (Lipinski definition) is 3. The highest BCUT2D eigenvalue weighted by Gasteiger charge is 2.29. The second-order valence-corrected chi connectivity index (χ2v) is 9.67. The number of rotatable bonds is 21. The summed E-state index contributed by atoms with van der Waals surface area (Å²) in [5.41, 5.74) is -0.548. The molecule has 0 fully saturated rings. The number of amides is 1. The van der Waals surface area contributed by atoms with Gasteiger partial charge < -0.3 is 10.4 Å². The van der Waals surface area contributed by atoms with Gasteiger partial charge in [-0.1, -0.05) is 110 Å². The lowest BCUT2D eigenvalue weighted by molar-refractivity contribution is -0.123. The van der Waals surface area contributed by atoms with Crippen LogP contribution in [0.4, 0.5) is 0 Å². The van der Waals surface area contributed by atoms with Crippen molar-refractivity contribution in [1.82, 2.24) is 10.6 Å². The minimum atomic E-state index is -0.548. The van der Waals surface area contributed by atoms with Gasteiger partial charge in [0, 0.05) is 12.8 Å². The molecule has 0 aliphatic heterocycles. The maximum Gasteiger partial charge on any atom is 0.221 e. The number of aliphatic hydroxyl groups excluding tert-OH is 1. The Labute approximate surface area is 198 Å². The number of nitrogens with one attached hydrogen (secondary N) is 2. The first-order chi connectivity index (χ1) is 15.6. The molecule has 1 amide bonds. The molecule has 0 radical (unpaired) electrons. The number of hydrogen-bond donors (Lipinski definition) is 3. The lowest BCUT2D eigenvalue weighted by Gasteiger charge is -2.34. The Morgan fingerprint density at radius 3 is 1.78 bits per heavy atom. The van der Waals surface area contributed by atoms with Crippen molar-refractivity contribution in [2.24, 2.45) is 0 Å². The quantitative estimate of drug-likeness (QED) is 0.124. The van der Waals surface area contributed by atoms with Gasteiger partial charge in [0.1, 0.15) is 11.4 Å². The van der Waals surface area contributed by atoms with E-state index in [2.05, 4.69) is 24.5 Å². The third-order valence-electron chi connectivity index (χ3n) is 6.51. The van der Waals surface area contributed by atoms with E-state index in [0.29, 0.717) is 12.8 Å². The van der Waals surface area contributed by atoms with Gasteiger partial charge in [0.25, 0.3) is 0 Å². The maximum absolute atomic E-state index is 12.5. The average molecular weight is 449 g/mol. The number of allylic oxidation sites excluding steroid dienone is 1. The van der Waals surface area contributed by atoms with Crippen LogP contribution in [0.5, 0.6) is 0 Å². The highest BCUT2D eigenvalue weighted by atomic mass is 16.3. The standard InChI is InChI=1S/C28H52N2O2/c1-3-5-7-8-9-10-11-12-13-14-15-16-17-18-19-20-27(32)30-28(29-25-6-4-2)23-21-26(31)22-24-28/h21-23,29,31H,3-20,24-25H2,1-2H3,(H,30,32). The predicted octanol–water partition coefficient (Wildman–Crippen LogP) is 7.85. The molecule has 0 saturated heterocycles. The summed E-state index contributed by atoms with van der Waals surface area (Å²) in [5, 5.41) is 16.3. The van der Waals surface area contributed by atoms with Crippen LogP contribution in [-0.2, 0) is 4.79 Å². The Kier molecular flexibility index (Phi) is 17.2. The van der Waals surface area contributed by atoms with Gasteiger partial charge in [0.15, 0.2) is 0 Å². The fraction of sp³-hybridized carbons (Fsp3) is 0.821. The molecule has 0 heterocycles. The molecule has 0 aromatic carbocycles. The van der Waals surface area contributed by atoms with Crippen LogP contribution in [0.1, 0.15) is 136 Å². The molecule has 0 saturated carbocycles. The lowest BCUT2D eigenvalue weighted by atomic mass is 9.99. The summed E-state index contributed by atoms with van der Waals surface area (Å²) >= 11 is 0. The van der Waals surface area contributed by atoms with Crippen molar-refractivity contribution in [3.05, 3.63) is 24.0 Å². The Morgan fingerprint density at radius 1 is 0.812 bits per heavy atom. The Balaban J connectivity index is 2.01. The van der Waals surface area contributed by atoms with Crippen LogP contribution < -0.4 is 10.6 Å². The third-order valence-corrected chi connectivity index (χ3v) is 6.51. The Hall–Kier alpha value is -1.29. The summed E-state index contributed by atoms with van der Waals surface area (Å²) in [6.45, 7) is 5.29. The zero-order valence-corrected chi connectivity index (χ0v) is 21.2. The molecule has 1 aliphatic carbocycles. The van der Waals surface area contributed by atoms with Crippen LogP contribution in [0.25, 0.3) is 0 Å². The van der Waals surface area contributed by atoms with E-state index in [1.165, 1.54) is 83.5 Å². The van der Waals surface area contributed by atoms with E-state index >= 15 is 0 Å². The van der Waals surface area contributed by atoms with Gasteiger partial charge in [0.05, 0.1) is 0 Å². The predicted molar refractivity (Wildman–Crippen MR) is 138 cm³/mol. The molecule has 186 valence electrons. The topological polar surface area (TPSA) is 61.4 Å². The number of unbranched alkanes of at least 4 members (excludes halogenated alkanes) is 15. The van der Waals surface area contributed by atoms with Crippen molar-refractivity contribution in [3.8, 4) is 0 Å². The Morgan fingerprint density at radius 2 is 1.31 bits per heavy atom. The van der Waals surface area contributed by atoms with E-state index in [4.69, 9.17) is 0 Å². The second kappa shape index (κ2) is 19.2. The zero-order valence-electron chi connectivity index (χ0n) is 21.2. The highest BCUT2D eigenvalue weighted by molar-refractivity contribution is 5.77. The number of carbonyl (C=O) groups excluding carboxylic acids is 1. The van der Waals surface area contributed by atoms with E-state index in [0.717, 1.165) is 32.2 Å². The molecule has 0 spiro atoms. The molecular weight excluding hydrogens is 396 g/mol. The number of aliphatic hydroxyl groups is 1. The molecule has 4 heteroatoms. The summed E-state index contributed by atoms with van der Waals surface area (Å²) in [5.74, 6) is 0.373. The van der Waals surface area contributed by atoms with Crippen LogP contribution >= 0.6 is 0 Å². The second-order valence-electron chi connectivity index (χ2n) is 9.67. The van der Waals surface area contributed by atoms with E-state index < -0.39 is 5.66 Å². The SMILES string of the molecule is CCCCCCCCCCCCCCCCCC(=O)NC1(NCCCC)C=CC(O)=CC1. The summed E-state index contributed by atoms with van der Waals surface area (Å²) < 4.78 is 0. The van der Waals surface area contributed by atoms with Crippen LogP contribution in [0.15, 0.2) is 24.0 Å². The monoisotopic (exact) mass is 448 g/mol. The number of carbonyl (C=O) groups is 1. The van der Waals surface area contributed by atoms with Crippen molar-refractivity contribution in [1.29, 1.82) is 0 Å². The van der Waals surface area contributed by atoms with Crippen LogP contribution in [0, 0.1) is 0 Å². The lowest BCUT2D eigenvalue weighted by Crippen LogP contribution is -2.58. The first-order valence-electron chi connectivity index (χ1n) is 13.8. The van der Waals surface area contributed by atoms with Crippen molar-refractivity contribution in [2.75, 3.05) is 6.54 Å². The smallest absolute Gasteiger partial charge is 0.221 e. The first kappa shape index (κ1) is 28.7. The normalized spacial score (nSPS) is 18.0. The zero-order chi connectivity index (χ0) is 23.3. The van der Waals surface area contributed by atoms with E-state index in [-0.39, 0.29) is 11.7 Å². The summed E-state index contributed by atoms with van der Waals surface area (Å²) in [4.78, 5) is 12.5. The van der Waals surface area contributed by atoms with Gasteiger partial charge in [-0.25, -0.2) is 0 Å². The summed E-state index contributed by atoms with van der Waals surface area (Å²) in [7, 11) is 0. The molecular formula is C28H52N2O2. The molecule has 1 rings (SSSR count). The largest absolute Gasteiger partial charge is 0.508 e. The van der Waals surface area contributed by atoms with Gasteiger partial charge >= 0.3 is 0 Å². The van der Waals surface area contributed by atoms with E-state index in [1.807, 2.05) is 6.08 Å². The van der Waals surface area contributed by atoms with Gasteiger partial charge in [-0.3, -0.25) is 10.1 Å². The van der Waals surface area contributed by atoms with Crippen molar-refractivity contribution < 1.29 is 9.90 Å². The first-order valence-corrected chi connectivity index (χ1v) is 13.8. The van der Waals surface area contributed by atoms with Crippen LogP contribution in [0.2, 0.25) is 0 Å². The maximum atomic E-state index is 12.5. The van der Waals surface area contributed by atoms with Gasteiger partial charge in [0.2, 0.25) is 5.91 Å². The third kappa shape index (κ3) is 14.7. The molecule has 32 heavy (non-hydrogen) atoms. The van der Waals surface area contributed by atoms with Gasteiger partial charge in [-0.2, -0.15) is 0 Å². The minimum absolute atomic E-state index is 0.100. The molecule has 1 unspecified atom stereocenters. The fourth-order valence-corrected chi connectivity index (χ4v) is 4.35. The van der Waals surface area contributed by atoms with Crippen LogP contribution in [-0.4, -0.2) is 23.2 Å². The average Bonchev–Trinajstić information content (AvgIpc) is 2.78. The molecule has 0 bridgehead atoms. The van der Waals surface area contributed by atoms with Crippen LogP contribution in [0.3, 0.4) is 0 Å². The van der Waals surface area contributed by atoms with Gasteiger partial charge in [-0.05, 0) is 37.6 Å². The highest BCUT2D eigenvalue weighted by Crippen LogP contribution is 2.19. The molecule has 3 N–H and O–H groups in total. The molecule has 4 nitrogen and oxygen atoms in total. The summed E-state index contributed by atoms with van der Waals surface area (Å²) in [6, 6.07) is 0. The van der Waals surface area contributed by atoms with Gasteiger partial charge in [-0.15, -0.1) is 0 Å². The molecule has 1 atom stereocenters. The molecule has 1 aliphatic rings. The van der Waals surface area contributed by atoms with Crippen molar-refractivity contribution in [2.45, 2.75) is 142 Å². The van der Waals surface area contributed by atoms with E-state index in [9.17, 15) is 9.90 Å². The molecule has 0 aromatic heterocycles. The van der Waals surface area contributed by atoms with Crippen molar-refractivity contribution in [3.63, 3.8) is 0 Å². The Bertz CT molecular complexity index is 530. The minimum Gasteiger partial charge on any atom is -0.508 e. The fourth-order valence-electron chi connectivity index (χ4n) is 4.35. The molecule has 0 aromatic rings. The van der Waals surface area contributed by atoms with Crippen molar-refractivity contribution >= 4 is 5.91 Å².